The highest BCUT2D eigenvalue weighted by atomic mass is 16.5. The number of hydrogen-bond acceptors (Lipinski definition) is 6. The molecule has 1 amide bonds. The molecule has 0 saturated heterocycles. The highest BCUT2D eigenvalue weighted by Crippen LogP contribution is 2.37. The molecule has 2 N–H and O–H groups in total. The van der Waals surface area contributed by atoms with Gasteiger partial charge in [0.25, 0.3) is 0 Å². The largest absolute Gasteiger partial charge is 0.508 e. The molecule has 0 spiro atoms. The van der Waals surface area contributed by atoms with Crippen LogP contribution in [0.25, 0.3) is 22.7 Å². The highest BCUT2D eigenvalue weighted by molar-refractivity contribution is 5.98. The van der Waals surface area contributed by atoms with Crippen LogP contribution in [0.2, 0.25) is 0 Å². The molecule has 35 heavy (non-hydrogen) atoms. The molecule has 7 nitrogen and oxygen atoms in total. The predicted octanol–water partition coefficient (Wildman–Crippen LogP) is 6.25. The number of phenolic OH excluding ortho intramolecular Hbond substituents is 1. The fraction of sp³-hybridized carbons (Fsp3) is 0.214. The second kappa shape index (κ2) is 10.8. The Kier molecular flexibility index (Phi) is 7.35. The number of phenols is 1. The Labute approximate surface area is 204 Å². The molecule has 0 fully saturated rings. The number of rotatable bonds is 9. The van der Waals surface area contributed by atoms with Crippen molar-refractivity contribution in [3.8, 4) is 40.0 Å². The Morgan fingerprint density at radius 1 is 0.971 bits per heavy atom. The van der Waals surface area contributed by atoms with Crippen LogP contribution in [0.5, 0.6) is 17.2 Å². The van der Waals surface area contributed by atoms with E-state index in [1.54, 1.807) is 19.2 Å². The number of aromatic nitrogens is 1. The van der Waals surface area contributed by atoms with E-state index in [1.165, 1.54) is 13.2 Å². The quantitative estimate of drug-likeness (QED) is 0.299. The molecule has 7 heteroatoms. The molecule has 0 saturated carbocycles. The Morgan fingerprint density at radius 2 is 1.69 bits per heavy atom. The van der Waals surface area contributed by atoms with Crippen molar-refractivity contribution in [1.29, 1.82) is 0 Å². The summed E-state index contributed by atoms with van der Waals surface area (Å²) >= 11 is 0. The average Bonchev–Trinajstić information content (AvgIpc) is 3.31. The van der Waals surface area contributed by atoms with Crippen LogP contribution in [-0.2, 0) is 4.79 Å². The number of ether oxygens (including phenoxy) is 2. The lowest BCUT2D eigenvalue weighted by Crippen LogP contribution is -2.21. The van der Waals surface area contributed by atoms with Crippen molar-refractivity contribution >= 4 is 11.8 Å². The van der Waals surface area contributed by atoms with Crippen LogP contribution >= 0.6 is 0 Å². The third-order valence-electron chi connectivity index (χ3n) is 5.73. The van der Waals surface area contributed by atoms with E-state index in [1.807, 2.05) is 61.5 Å². The lowest BCUT2D eigenvalue weighted by atomic mass is 9.92. The van der Waals surface area contributed by atoms with E-state index in [2.05, 4.69) is 5.32 Å². The first-order chi connectivity index (χ1) is 17.0. The van der Waals surface area contributed by atoms with Crippen molar-refractivity contribution in [2.45, 2.75) is 25.7 Å². The first-order valence-corrected chi connectivity index (χ1v) is 11.4. The molecule has 1 aromatic heterocycles. The Morgan fingerprint density at radius 3 is 2.37 bits per heavy atom. The van der Waals surface area contributed by atoms with E-state index < -0.39 is 5.92 Å². The SMILES string of the molecule is CCCC(C(=O)Nc1oc(-c2ccccc2)nc1-c1cccc(OC)c1)c1ccc(OC)cc1O. The zero-order chi connectivity index (χ0) is 24.8. The minimum absolute atomic E-state index is 0.00788. The van der Waals surface area contributed by atoms with Gasteiger partial charge < -0.3 is 19.0 Å². The van der Waals surface area contributed by atoms with Crippen LogP contribution < -0.4 is 14.8 Å². The van der Waals surface area contributed by atoms with E-state index in [0.29, 0.717) is 35.1 Å². The Bertz CT molecular complexity index is 1300. The standard InChI is InChI=1S/C28H28N2O5/c1-4-9-23(22-15-14-21(34-3)17-24(22)31)26(32)30-28-25(19-12-8-13-20(16-19)33-2)29-27(35-28)18-10-6-5-7-11-18/h5-8,10-17,23,31H,4,9H2,1-3H3,(H,30,32). The minimum atomic E-state index is -0.589. The molecule has 1 unspecified atom stereocenters. The molecule has 0 bridgehead atoms. The van der Waals surface area contributed by atoms with Gasteiger partial charge in [0, 0.05) is 22.8 Å². The molecule has 3 aromatic carbocycles. The summed E-state index contributed by atoms with van der Waals surface area (Å²) in [6, 6.07) is 21.8. The third-order valence-corrected chi connectivity index (χ3v) is 5.73. The summed E-state index contributed by atoms with van der Waals surface area (Å²) in [7, 11) is 3.12. The number of nitrogens with one attached hydrogen (secondary N) is 1. The summed E-state index contributed by atoms with van der Waals surface area (Å²) in [5.74, 6) is 0.922. The number of carbonyl (C=O) groups excluding carboxylic acids is 1. The lowest BCUT2D eigenvalue weighted by molar-refractivity contribution is -0.117. The van der Waals surface area contributed by atoms with Crippen molar-refractivity contribution in [2.75, 3.05) is 19.5 Å². The number of amides is 1. The molecule has 180 valence electrons. The smallest absolute Gasteiger partial charge is 0.234 e. The van der Waals surface area contributed by atoms with Gasteiger partial charge in [-0.1, -0.05) is 49.7 Å². The van der Waals surface area contributed by atoms with E-state index in [9.17, 15) is 9.90 Å². The van der Waals surface area contributed by atoms with E-state index in [4.69, 9.17) is 18.9 Å². The average molecular weight is 473 g/mol. The van der Waals surface area contributed by atoms with Crippen molar-refractivity contribution in [3.63, 3.8) is 0 Å². The van der Waals surface area contributed by atoms with Gasteiger partial charge in [0.1, 0.15) is 22.9 Å². The molecule has 4 rings (SSSR count). The number of anilines is 1. The van der Waals surface area contributed by atoms with Gasteiger partial charge in [-0.15, -0.1) is 0 Å². The minimum Gasteiger partial charge on any atom is -0.508 e. The van der Waals surface area contributed by atoms with Gasteiger partial charge in [-0.25, -0.2) is 4.98 Å². The monoisotopic (exact) mass is 472 g/mol. The van der Waals surface area contributed by atoms with Gasteiger partial charge in [-0.2, -0.15) is 0 Å². The number of hydrogen-bond donors (Lipinski definition) is 2. The second-order valence-corrected chi connectivity index (χ2v) is 8.05. The molecule has 4 aromatic rings. The summed E-state index contributed by atoms with van der Waals surface area (Å²) in [4.78, 5) is 18.2. The fourth-order valence-electron chi connectivity index (χ4n) is 3.94. The zero-order valence-electron chi connectivity index (χ0n) is 19.9. The first-order valence-electron chi connectivity index (χ1n) is 11.4. The first kappa shape index (κ1) is 23.9. The number of oxazole rings is 1. The van der Waals surface area contributed by atoms with Crippen molar-refractivity contribution in [3.05, 3.63) is 78.4 Å². The van der Waals surface area contributed by atoms with E-state index in [-0.39, 0.29) is 17.5 Å². The molecular formula is C28H28N2O5. The van der Waals surface area contributed by atoms with Crippen LogP contribution in [0.15, 0.2) is 77.2 Å². The predicted molar refractivity (Wildman–Crippen MR) is 135 cm³/mol. The normalized spacial score (nSPS) is 11.6. The molecule has 1 heterocycles. The van der Waals surface area contributed by atoms with Crippen LogP contribution in [0.4, 0.5) is 5.88 Å². The summed E-state index contributed by atoms with van der Waals surface area (Å²) in [6.45, 7) is 1.99. The summed E-state index contributed by atoms with van der Waals surface area (Å²) in [5, 5.41) is 13.5. The number of benzene rings is 3. The van der Waals surface area contributed by atoms with Crippen molar-refractivity contribution in [1.82, 2.24) is 4.98 Å². The van der Waals surface area contributed by atoms with E-state index in [0.717, 1.165) is 17.5 Å². The van der Waals surface area contributed by atoms with Gasteiger partial charge >= 0.3 is 0 Å². The zero-order valence-corrected chi connectivity index (χ0v) is 19.9. The maximum Gasteiger partial charge on any atom is 0.234 e. The summed E-state index contributed by atoms with van der Waals surface area (Å²) < 4.78 is 16.6. The van der Waals surface area contributed by atoms with Gasteiger partial charge in [-0.3, -0.25) is 10.1 Å². The Balaban J connectivity index is 1.73. The number of methoxy groups -OCH3 is 2. The van der Waals surface area contributed by atoms with E-state index >= 15 is 0 Å². The van der Waals surface area contributed by atoms with Crippen LogP contribution in [-0.4, -0.2) is 30.2 Å². The number of nitrogens with zero attached hydrogens (tertiary/aromatic N) is 1. The number of aromatic hydroxyl groups is 1. The number of carbonyl (C=O) groups is 1. The Hall–Kier alpha value is -4.26. The van der Waals surface area contributed by atoms with Gasteiger partial charge in [0.05, 0.1) is 20.1 Å². The van der Waals surface area contributed by atoms with Crippen molar-refractivity contribution in [2.24, 2.45) is 0 Å². The van der Waals surface area contributed by atoms with Crippen LogP contribution in [0.1, 0.15) is 31.2 Å². The topological polar surface area (TPSA) is 93.8 Å². The maximum atomic E-state index is 13.5. The van der Waals surface area contributed by atoms with Gasteiger partial charge in [0.2, 0.25) is 17.7 Å². The molecule has 0 aliphatic heterocycles. The van der Waals surface area contributed by atoms with Gasteiger partial charge in [0.15, 0.2) is 0 Å². The molecular weight excluding hydrogens is 444 g/mol. The molecule has 0 aliphatic rings. The summed E-state index contributed by atoms with van der Waals surface area (Å²) in [5.41, 5.74) is 2.54. The molecule has 1 atom stereocenters. The van der Waals surface area contributed by atoms with Crippen LogP contribution in [0, 0.1) is 0 Å². The second-order valence-electron chi connectivity index (χ2n) is 8.05. The maximum absolute atomic E-state index is 13.5. The van der Waals surface area contributed by atoms with Gasteiger partial charge in [-0.05, 0) is 36.8 Å². The lowest BCUT2D eigenvalue weighted by Gasteiger charge is -2.18. The highest BCUT2D eigenvalue weighted by Gasteiger charge is 2.26. The fourth-order valence-corrected chi connectivity index (χ4v) is 3.94. The molecule has 0 radical (unpaired) electrons. The van der Waals surface area contributed by atoms with Crippen molar-refractivity contribution < 1.29 is 23.8 Å². The summed E-state index contributed by atoms with van der Waals surface area (Å²) in [6.07, 6.45) is 1.29. The molecule has 0 aliphatic carbocycles. The van der Waals surface area contributed by atoms with Crippen LogP contribution in [0.3, 0.4) is 0 Å². The third kappa shape index (κ3) is 5.30.